The van der Waals surface area contributed by atoms with Crippen molar-refractivity contribution in [2.45, 2.75) is 18.2 Å². The van der Waals surface area contributed by atoms with Crippen LogP contribution < -0.4 is 10.1 Å². The summed E-state index contributed by atoms with van der Waals surface area (Å²) in [7, 11) is 3.64. The van der Waals surface area contributed by atoms with Crippen molar-refractivity contribution in [3.63, 3.8) is 0 Å². The quantitative estimate of drug-likeness (QED) is 0.782. The standard InChI is InChI=1S/C13H21NO2S/c1-10(8-15)17-9-12(14-2)11-6-4-5-7-13(11)16-3/h4-7,10,12,14-15H,8-9H2,1-3H3. The minimum atomic E-state index is 0.215. The van der Waals surface area contributed by atoms with E-state index in [4.69, 9.17) is 9.84 Å². The molecule has 0 aromatic heterocycles. The van der Waals surface area contributed by atoms with Crippen LogP contribution in [-0.4, -0.2) is 36.9 Å². The van der Waals surface area contributed by atoms with Gasteiger partial charge in [-0.25, -0.2) is 0 Å². The Morgan fingerprint density at radius 2 is 2.12 bits per heavy atom. The van der Waals surface area contributed by atoms with Gasteiger partial charge in [-0.3, -0.25) is 0 Å². The minimum absolute atomic E-state index is 0.215. The van der Waals surface area contributed by atoms with Crippen LogP contribution >= 0.6 is 11.8 Å². The van der Waals surface area contributed by atoms with Crippen molar-refractivity contribution >= 4 is 11.8 Å². The van der Waals surface area contributed by atoms with Gasteiger partial charge in [0, 0.05) is 22.6 Å². The number of rotatable bonds is 7. The molecule has 0 amide bonds. The smallest absolute Gasteiger partial charge is 0.123 e. The largest absolute Gasteiger partial charge is 0.496 e. The monoisotopic (exact) mass is 255 g/mol. The van der Waals surface area contributed by atoms with Crippen molar-refractivity contribution in [1.82, 2.24) is 5.32 Å². The first-order valence-corrected chi connectivity index (χ1v) is 6.80. The summed E-state index contributed by atoms with van der Waals surface area (Å²) < 4.78 is 5.36. The molecule has 3 nitrogen and oxygen atoms in total. The van der Waals surface area contributed by atoms with Crippen LogP contribution in [0.15, 0.2) is 24.3 Å². The average molecular weight is 255 g/mol. The zero-order chi connectivity index (χ0) is 12.7. The lowest BCUT2D eigenvalue weighted by molar-refractivity contribution is 0.300. The van der Waals surface area contributed by atoms with Crippen LogP contribution in [-0.2, 0) is 0 Å². The van der Waals surface area contributed by atoms with E-state index in [2.05, 4.69) is 11.4 Å². The molecule has 17 heavy (non-hydrogen) atoms. The third-order valence-corrected chi connectivity index (χ3v) is 3.91. The van der Waals surface area contributed by atoms with Crippen molar-refractivity contribution in [2.24, 2.45) is 0 Å². The highest BCUT2D eigenvalue weighted by atomic mass is 32.2. The molecule has 1 rings (SSSR count). The minimum Gasteiger partial charge on any atom is -0.496 e. The van der Waals surface area contributed by atoms with E-state index in [9.17, 15) is 0 Å². The zero-order valence-corrected chi connectivity index (χ0v) is 11.5. The first kappa shape index (κ1) is 14.4. The molecule has 0 radical (unpaired) electrons. The van der Waals surface area contributed by atoms with Gasteiger partial charge in [0.15, 0.2) is 0 Å². The number of para-hydroxylation sites is 1. The molecule has 96 valence electrons. The topological polar surface area (TPSA) is 41.5 Å². The molecule has 0 aliphatic rings. The molecule has 1 aromatic rings. The molecule has 0 fully saturated rings. The number of ether oxygens (including phenoxy) is 1. The highest BCUT2D eigenvalue weighted by Gasteiger charge is 2.15. The second-order valence-corrected chi connectivity index (χ2v) is 5.38. The van der Waals surface area contributed by atoms with Gasteiger partial charge in [0.2, 0.25) is 0 Å². The number of thioether (sulfide) groups is 1. The summed E-state index contributed by atoms with van der Waals surface area (Å²) in [6.45, 7) is 2.24. The number of aliphatic hydroxyl groups excluding tert-OH is 1. The van der Waals surface area contributed by atoms with E-state index in [0.29, 0.717) is 0 Å². The average Bonchev–Trinajstić information content (AvgIpc) is 2.39. The molecule has 0 bridgehead atoms. The molecule has 4 heteroatoms. The molecule has 0 aliphatic heterocycles. The van der Waals surface area contributed by atoms with Crippen LogP contribution in [0.3, 0.4) is 0 Å². The molecule has 2 atom stereocenters. The lowest BCUT2D eigenvalue weighted by Crippen LogP contribution is -2.21. The van der Waals surface area contributed by atoms with Crippen LogP contribution in [0.4, 0.5) is 0 Å². The van der Waals surface area contributed by atoms with Crippen LogP contribution in [0, 0.1) is 0 Å². The highest BCUT2D eigenvalue weighted by Crippen LogP contribution is 2.28. The van der Waals surface area contributed by atoms with Gasteiger partial charge in [-0.15, -0.1) is 0 Å². The van der Waals surface area contributed by atoms with Crippen LogP contribution in [0.25, 0.3) is 0 Å². The Morgan fingerprint density at radius 1 is 1.41 bits per heavy atom. The number of hydrogen-bond donors (Lipinski definition) is 2. The van der Waals surface area contributed by atoms with Gasteiger partial charge in [-0.05, 0) is 13.1 Å². The van der Waals surface area contributed by atoms with Gasteiger partial charge in [-0.2, -0.15) is 11.8 Å². The lowest BCUT2D eigenvalue weighted by Gasteiger charge is -2.20. The van der Waals surface area contributed by atoms with Gasteiger partial charge < -0.3 is 15.2 Å². The van der Waals surface area contributed by atoms with E-state index in [1.807, 2.05) is 32.2 Å². The summed E-state index contributed by atoms with van der Waals surface area (Å²) in [4.78, 5) is 0. The SMILES string of the molecule is CNC(CSC(C)CO)c1ccccc1OC. The van der Waals surface area contributed by atoms with Gasteiger partial charge in [0.05, 0.1) is 13.7 Å². The van der Waals surface area contributed by atoms with Crippen LogP contribution in [0.1, 0.15) is 18.5 Å². The molecule has 0 aliphatic carbocycles. The van der Waals surface area contributed by atoms with E-state index in [0.717, 1.165) is 17.1 Å². The fourth-order valence-corrected chi connectivity index (χ4v) is 2.57. The Hall–Kier alpha value is -0.710. The Kier molecular flexibility index (Phi) is 6.40. The maximum absolute atomic E-state index is 9.03. The summed E-state index contributed by atoms with van der Waals surface area (Å²) in [5, 5.41) is 12.6. The van der Waals surface area contributed by atoms with Crippen molar-refractivity contribution < 1.29 is 9.84 Å². The molecular formula is C13H21NO2S. The van der Waals surface area contributed by atoms with Gasteiger partial charge in [0.1, 0.15) is 5.75 Å². The predicted octanol–water partition coefficient (Wildman–Crippen LogP) is 2.07. The van der Waals surface area contributed by atoms with E-state index in [1.54, 1.807) is 18.9 Å². The molecule has 0 saturated carbocycles. The van der Waals surface area contributed by atoms with Crippen molar-refractivity contribution in [2.75, 3.05) is 26.5 Å². The molecule has 2 unspecified atom stereocenters. The van der Waals surface area contributed by atoms with Gasteiger partial charge in [0.25, 0.3) is 0 Å². The number of hydrogen-bond acceptors (Lipinski definition) is 4. The van der Waals surface area contributed by atoms with Crippen LogP contribution in [0.2, 0.25) is 0 Å². The van der Waals surface area contributed by atoms with E-state index >= 15 is 0 Å². The molecule has 1 aromatic carbocycles. The Morgan fingerprint density at radius 3 is 2.71 bits per heavy atom. The molecule has 0 heterocycles. The summed E-state index contributed by atoms with van der Waals surface area (Å²) in [6.07, 6.45) is 0. The summed E-state index contributed by atoms with van der Waals surface area (Å²) in [6, 6.07) is 8.27. The number of nitrogens with one attached hydrogen (secondary N) is 1. The summed E-state index contributed by atoms with van der Waals surface area (Å²) in [5.74, 6) is 1.82. The number of aliphatic hydroxyl groups is 1. The normalized spacial score (nSPS) is 14.4. The van der Waals surface area contributed by atoms with Crippen molar-refractivity contribution in [3.8, 4) is 5.75 Å². The molecule has 0 saturated heterocycles. The number of methoxy groups -OCH3 is 1. The molecular weight excluding hydrogens is 234 g/mol. The predicted molar refractivity (Wildman–Crippen MR) is 73.8 cm³/mol. The highest BCUT2D eigenvalue weighted by molar-refractivity contribution is 7.99. The van der Waals surface area contributed by atoms with E-state index < -0.39 is 0 Å². The van der Waals surface area contributed by atoms with Crippen molar-refractivity contribution in [3.05, 3.63) is 29.8 Å². The fourth-order valence-electron chi connectivity index (χ4n) is 1.60. The van der Waals surface area contributed by atoms with E-state index in [1.165, 1.54) is 0 Å². The first-order valence-electron chi connectivity index (χ1n) is 5.75. The van der Waals surface area contributed by atoms with Gasteiger partial charge in [-0.1, -0.05) is 25.1 Å². The Labute approximate surface area is 108 Å². The second kappa shape index (κ2) is 7.58. The van der Waals surface area contributed by atoms with Crippen molar-refractivity contribution in [1.29, 1.82) is 0 Å². The number of benzene rings is 1. The molecule has 2 N–H and O–H groups in total. The van der Waals surface area contributed by atoms with Crippen LogP contribution in [0.5, 0.6) is 5.75 Å². The van der Waals surface area contributed by atoms with E-state index in [-0.39, 0.29) is 17.9 Å². The van der Waals surface area contributed by atoms with Gasteiger partial charge >= 0.3 is 0 Å². The zero-order valence-electron chi connectivity index (χ0n) is 10.6. The maximum Gasteiger partial charge on any atom is 0.123 e. The summed E-state index contributed by atoms with van der Waals surface area (Å²) >= 11 is 1.76. The second-order valence-electron chi connectivity index (χ2n) is 3.91. The lowest BCUT2D eigenvalue weighted by atomic mass is 10.1. The Bertz CT molecular complexity index is 333. The third-order valence-electron chi connectivity index (χ3n) is 2.67. The Balaban J connectivity index is 2.72. The first-order chi connectivity index (χ1) is 8.22. The maximum atomic E-state index is 9.03. The summed E-state index contributed by atoms with van der Waals surface area (Å²) in [5.41, 5.74) is 1.16. The molecule has 0 spiro atoms. The third kappa shape index (κ3) is 4.22. The fraction of sp³-hybridized carbons (Fsp3) is 0.538.